The first-order valence-corrected chi connectivity index (χ1v) is 6.13. The zero-order chi connectivity index (χ0) is 13.8. The lowest BCUT2D eigenvalue weighted by Crippen LogP contribution is -2.29. The van der Waals surface area contributed by atoms with Gasteiger partial charge < -0.3 is 15.4 Å². The van der Waals surface area contributed by atoms with Crippen LogP contribution in [0.15, 0.2) is 30.5 Å². The Morgan fingerprint density at radius 3 is 2.89 bits per heavy atom. The Bertz CT molecular complexity index is 604. The van der Waals surface area contributed by atoms with Crippen molar-refractivity contribution >= 4 is 22.8 Å². The number of aliphatic carboxylic acids is 1. The summed E-state index contributed by atoms with van der Waals surface area (Å²) in [6.45, 7) is 2.15. The van der Waals surface area contributed by atoms with Gasteiger partial charge in [0.15, 0.2) is 0 Å². The van der Waals surface area contributed by atoms with Crippen LogP contribution in [-0.4, -0.2) is 28.5 Å². The predicted octanol–water partition coefficient (Wildman–Crippen LogP) is 2.01. The number of H-pyrrole nitrogens is 1. The molecular weight excluding hydrogens is 244 g/mol. The van der Waals surface area contributed by atoms with E-state index < -0.39 is 5.97 Å². The Morgan fingerprint density at radius 1 is 1.37 bits per heavy atom. The number of carbonyl (C=O) groups is 2. The maximum atomic E-state index is 11.9. The minimum Gasteiger partial charge on any atom is -0.481 e. The molecule has 1 amide bonds. The molecular formula is C14H16N2O3. The van der Waals surface area contributed by atoms with Gasteiger partial charge in [0.2, 0.25) is 0 Å². The van der Waals surface area contributed by atoms with Gasteiger partial charge in [-0.15, -0.1) is 0 Å². The molecule has 100 valence electrons. The molecule has 3 N–H and O–H groups in total. The molecule has 0 aliphatic carbocycles. The van der Waals surface area contributed by atoms with Crippen LogP contribution in [0.1, 0.15) is 23.7 Å². The lowest BCUT2D eigenvalue weighted by molar-refractivity contribution is -0.137. The molecule has 1 atom stereocenters. The van der Waals surface area contributed by atoms with E-state index in [1.54, 1.807) is 19.1 Å². The molecule has 0 saturated heterocycles. The number of fused-ring (bicyclic) bond motifs is 1. The number of hydrogen-bond acceptors (Lipinski definition) is 2. The zero-order valence-electron chi connectivity index (χ0n) is 10.6. The number of aromatic amines is 1. The van der Waals surface area contributed by atoms with E-state index >= 15 is 0 Å². The molecule has 0 bridgehead atoms. The minimum absolute atomic E-state index is 0.0515. The first-order chi connectivity index (χ1) is 9.06. The summed E-state index contributed by atoms with van der Waals surface area (Å²) >= 11 is 0. The van der Waals surface area contributed by atoms with E-state index in [1.165, 1.54) is 0 Å². The van der Waals surface area contributed by atoms with Crippen molar-refractivity contribution in [3.05, 3.63) is 36.0 Å². The largest absolute Gasteiger partial charge is 0.481 e. The summed E-state index contributed by atoms with van der Waals surface area (Å²) in [6, 6.07) is 7.35. The van der Waals surface area contributed by atoms with Gasteiger partial charge >= 0.3 is 5.97 Å². The van der Waals surface area contributed by atoms with Crippen molar-refractivity contribution in [1.29, 1.82) is 0 Å². The second kappa shape index (κ2) is 5.56. The Morgan fingerprint density at radius 2 is 2.16 bits per heavy atom. The summed E-state index contributed by atoms with van der Waals surface area (Å²) in [6.07, 6.45) is 1.87. The van der Waals surface area contributed by atoms with Gasteiger partial charge in [-0.25, -0.2) is 0 Å². The number of carboxylic acid groups (broad SMARTS) is 1. The van der Waals surface area contributed by atoms with Gasteiger partial charge in [-0.1, -0.05) is 13.0 Å². The van der Waals surface area contributed by atoms with E-state index in [9.17, 15) is 9.59 Å². The number of aromatic nitrogens is 1. The molecule has 5 heteroatoms. The SMILES string of the molecule is CC(CNC(=O)c1ccc2cc[nH]c2c1)CC(=O)O. The highest BCUT2D eigenvalue weighted by molar-refractivity contribution is 5.97. The Balaban J connectivity index is 1.97. The van der Waals surface area contributed by atoms with Crippen LogP contribution < -0.4 is 5.32 Å². The monoisotopic (exact) mass is 260 g/mol. The van der Waals surface area contributed by atoms with E-state index in [-0.39, 0.29) is 18.2 Å². The molecule has 2 rings (SSSR count). The van der Waals surface area contributed by atoms with E-state index in [4.69, 9.17) is 5.11 Å². The second-order valence-electron chi connectivity index (χ2n) is 4.69. The highest BCUT2D eigenvalue weighted by atomic mass is 16.4. The highest BCUT2D eigenvalue weighted by Crippen LogP contribution is 2.14. The fourth-order valence-electron chi connectivity index (χ4n) is 1.93. The predicted molar refractivity (Wildman–Crippen MR) is 72.0 cm³/mol. The third-order valence-electron chi connectivity index (χ3n) is 2.95. The van der Waals surface area contributed by atoms with Gasteiger partial charge in [0.1, 0.15) is 0 Å². The van der Waals surface area contributed by atoms with Crippen LogP contribution in [0.3, 0.4) is 0 Å². The number of carboxylic acids is 1. The Hall–Kier alpha value is -2.30. The number of amides is 1. The van der Waals surface area contributed by atoms with E-state index in [1.807, 2.05) is 18.3 Å². The van der Waals surface area contributed by atoms with Crippen molar-refractivity contribution in [2.45, 2.75) is 13.3 Å². The summed E-state index contributed by atoms with van der Waals surface area (Å²) in [5.41, 5.74) is 1.48. The van der Waals surface area contributed by atoms with Crippen LogP contribution >= 0.6 is 0 Å². The number of rotatable bonds is 5. The number of benzene rings is 1. The fraction of sp³-hybridized carbons (Fsp3) is 0.286. The molecule has 5 nitrogen and oxygen atoms in total. The van der Waals surface area contributed by atoms with Gasteiger partial charge in [-0.05, 0) is 29.5 Å². The number of carbonyl (C=O) groups excluding carboxylic acids is 1. The van der Waals surface area contributed by atoms with Gasteiger partial charge in [0.05, 0.1) is 0 Å². The molecule has 0 saturated carbocycles. The number of hydrogen-bond donors (Lipinski definition) is 3. The van der Waals surface area contributed by atoms with Crippen LogP contribution in [0.2, 0.25) is 0 Å². The summed E-state index contributed by atoms with van der Waals surface area (Å²) in [5, 5.41) is 12.4. The second-order valence-corrected chi connectivity index (χ2v) is 4.69. The first-order valence-electron chi connectivity index (χ1n) is 6.13. The third kappa shape index (κ3) is 3.34. The quantitative estimate of drug-likeness (QED) is 0.769. The van der Waals surface area contributed by atoms with Crippen molar-refractivity contribution in [2.24, 2.45) is 5.92 Å². The van der Waals surface area contributed by atoms with E-state index in [0.717, 1.165) is 10.9 Å². The fourth-order valence-corrected chi connectivity index (χ4v) is 1.93. The molecule has 19 heavy (non-hydrogen) atoms. The van der Waals surface area contributed by atoms with Crippen LogP contribution in [-0.2, 0) is 4.79 Å². The zero-order valence-corrected chi connectivity index (χ0v) is 10.6. The van der Waals surface area contributed by atoms with Gasteiger partial charge in [0, 0.05) is 30.2 Å². The molecule has 0 radical (unpaired) electrons. The smallest absolute Gasteiger partial charge is 0.303 e. The summed E-state index contributed by atoms with van der Waals surface area (Å²) in [4.78, 5) is 25.5. The molecule has 2 aromatic rings. The minimum atomic E-state index is -0.852. The number of nitrogens with one attached hydrogen (secondary N) is 2. The lowest BCUT2D eigenvalue weighted by Gasteiger charge is -2.10. The van der Waals surface area contributed by atoms with Crippen LogP contribution in [0.5, 0.6) is 0 Å². The molecule has 1 unspecified atom stereocenters. The normalized spacial score (nSPS) is 12.3. The van der Waals surface area contributed by atoms with Crippen LogP contribution in [0, 0.1) is 5.92 Å². The molecule has 0 spiro atoms. The summed E-state index contributed by atoms with van der Waals surface area (Å²) < 4.78 is 0. The lowest BCUT2D eigenvalue weighted by atomic mass is 10.1. The average molecular weight is 260 g/mol. The van der Waals surface area contributed by atoms with E-state index in [0.29, 0.717) is 12.1 Å². The molecule has 0 aliphatic heterocycles. The molecule has 0 aliphatic rings. The van der Waals surface area contributed by atoms with Crippen molar-refractivity contribution in [3.63, 3.8) is 0 Å². The van der Waals surface area contributed by atoms with Crippen molar-refractivity contribution < 1.29 is 14.7 Å². The third-order valence-corrected chi connectivity index (χ3v) is 2.95. The maximum absolute atomic E-state index is 11.9. The summed E-state index contributed by atoms with van der Waals surface area (Å²) in [5.74, 6) is -1.13. The molecule has 1 aromatic carbocycles. The average Bonchev–Trinajstić information content (AvgIpc) is 2.82. The summed E-state index contributed by atoms with van der Waals surface area (Å²) in [7, 11) is 0. The van der Waals surface area contributed by atoms with Gasteiger partial charge in [-0.3, -0.25) is 9.59 Å². The van der Waals surface area contributed by atoms with Gasteiger partial charge in [0.25, 0.3) is 5.91 Å². The Labute approximate surface area is 110 Å². The Kier molecular flexibility index (Phi) is 3.85. The highest BCUT2D eigenvalue weighted by Gasteiger charge is 2.11. The molecule has 1 heterocycles. The first kappa shape index (κ1) is 13.1. The van der Waals surface area contributed by atoms with Crippen molar-refractivity contribution in [3.8, 4) is 0 Å². The van der Waals surface area contributed by atoms with Crippen molar-refractivity contribution in [1.82, 2.24) is 10.3 Å². The van der Waals surface area contributed by atoms with Gasteiger partial charge in [-0.2, -0.15) is 0 Å². The van der Waals surface area contributed by atoms with E-state index in [2.05, 4.69) is 10.3 Å². The van der Waals surface area contributed by atoms with Crippen LogP contribution in [0.25, 0.3) is 10.9 Å². The van der Waals surface area contributed by atoms with Crippen LogP contribution in [0.4, 0.5) is 0 Å². The standard InChI is InChI=1S/C14H16N2O3/c1-9(6-13(17)18)8-16-14(19)11-3-2-10-4-5-15-12(10)7-11/h2-5,7,9,15H,6,8H2,1H3,(H,16,19)(H,17,18). The molecule has 0 fully saturated rings. The molecule has 1 aromatic heterocycles. The topological polar surface area (TPSA) is 82.2 Å². The maximum Gasteiger partial charge on any atom is 0.303 e. The van der Waals surface area contributed by atoms with Crippen molar-refractivity contribution in [2.75, 3.05) is 6.54 Å².